The van der Waals surface area contributed by atoms with Gasteiger partial charge in [0.05, 0.1) is 11.9 Å². The minimum Gasteiger partial charge on any atom is -0.339 e. The summed E-state index contributed by atoms with van der Waals surface area (Å²) in [6.45, 7) is 1.56. The highest BCUT2D eigenvalue weighted by Gasteiger charge is 2.15. The van der Waals surface area contributed by atoms with Crippen LogP contribution in [0.2, 0.25) is 0 Å². The molecule has 2 amide bonds. The number of nitrogens with zero attached hydrogens (tertiary/aromatic N) is 2. The van der Waals surface area contributed by atoms with Crippen LogP contribution in [-0.4, -0.2) is 34.8 Å². The van der Waals surface area contributed by atoms with Gasteiger partial charge >= 0.3 is 0 Å². The van der Waals surface area contributed by atoms with Crippen molar-refractivity contribution in [1.29, 1.82) is 0 Å². The van der Waals surface area contributed by atoms with Crippen molar-refractivity contribution in [3.63, 3.8) is 0 Å². The zero-order chi connectivity index (χ0) is 13.7. The van der Waals surface area contributed by atoms with Crippen molar-refractivity contribution in [2.24, 2.45) is 0 Å². The molecule has 0 aromatic carbocycles. The Morgan fingerprint density at radius 1 is 1.26 bits per heavy atom. The molecule has 0 radical (unpaired) electrons. The number of rotatable bonds is 3. The van der Waals surface area contributed by atoms with Gasteiger partial charge < -0.3 is 10.2 Å². The summed E-state index contributed by atoms with van der Waals surface area (Å²) in [5, 5.41) is 2.64. The lowest BCUT2D eigenvalue weighted by atomic mass is 10.4. The average Bonchev–Trinajstić information content (AvgIpc) is 2.93. The van der Waals surface area contributed by atoms with E-state index in [1.165, 1.54) is 18.3 Å². The Morgan fingerprint density at radius 3 is 2.63 bits per heavy atom. The van der Waals surface area contributed by atoms with E-state index in [-0.39, 0.29) is 11.8 Å². The van der Waals surface area contributed by atoms with E-state index < -0.39 is 0 Å². The smallest absolute Gasteiger partial charge is 0.248 e. The lowest BCUT2D eigenvalue weighted by Crippen LogP contribution is -2.26. The number of hydrogen-bond donors (Lipinski definition) is 1. The van der Waals surface area contributed by atoms with Crippen LogP contribution in [0, 0.1) is 0 Å². The summed E-state index contributed by atoms with van der Waals surface area (Å²) in [5.41, 5.74) is 0.589. The molecule has 0 bridgehead atoms. The summed E-state index contributed by atoms with van der Waals surface area (Å²) in [6.07, 6.45) is 6.18. The number of pyridine rings is 1. The third kappa shape index (κ3) is 4.17. The highest BCUT2D eigenvalue weighted by atomic mass is 79.9. The maximum Gasteiger partial charge on any atom is 0.248 e. The minimum atomic E-state index is -0.336. The molecular formula is C13H14BrN3O2. The fourth-order valence-corrected chi connectivity index (χ4v) is 2.06. The van der Waals surface area contributed by atoms with Crippen LogP contribution in [0.15, 0.2) is 35.1 Å². The van der Waals surface area contributed by atoms with Gasteiger partial charge in [-0.05, 0) is 40.9 Å². The summed E-state index contributed by atoms with van der Waals surface area (Å²) in [7, 11) is 0. The molecular weight excluding hydrogens is 310 g/mol. The van der Waals surface area contributed by atoms with Crippen molar-refractivity contribution < 1.29 is 9.59 Å². The number of hydrogen-bond acceptors (Lipinski definition) is 3. The first-order valence-corrected chi connectivity index (χ1v) is 6.84. The van der Waals surface area contributed by atoms with Gasteiger partial charge in [0.1, 0.15) is 4.60 Å². The molecule has 1 aliphatic rings. The van der Waals surface area contributed by atoms with Gasteiger partial charge in [-0.15, -0.1) is 0 Å². The number of likely N-dealkylation sites (tertiary alicyclic amines) is 1. The molecule has 1 N–H and O–H groups in total. The Morgan fingerprint density at radius 2 is 2.00 bits per heavy atom. The van der Waals surface area contributed by atoms with Gasteiger partial charge in [-0.1, -0.05) is 0 Å². The summed E-state index contributed by atoms with van der Waals surface area (Å²) in [4.78, 5) is 29.0. The summed E-state index contributed by atoms with van der Waals surface area (Å²) in [6, 6.07) is 3.46. The Kier molecular flexibility index (Phi) is 4.68. The van der Waals surface area contributed by atoms with E-state index in [2.05, 4.69) is 26.2 Å². The monoisotopic (exact) mass is 323 g/mol. The highest BCUT2D eigenvalue weighted by Crippen LogP contribution is 2.10. The molecule has 1 aromatic rings. The summed E-state index contributed by atoms with van der Waals surface area (Å²) in [5.74, 6) is -0.446. The average molecular weight is 324 g/mol. The molecule has 0 atom stereocenters. The molecule has 0 aliphatic carbocycles. The second kappa shape index (κ2) is 6.47. The fourth-order valence-electron chi connectivity index (χ4n) is 1.82. The van der Waals surface area contributed by atoms with Crippen LogP contribution < -0.4 is 5.32 Å². The molecule has 2 rings (SSSR count). The number of carbonyl (C=O) groups is 2. The Balaban J connectivity index is 1.86. The molecule has 0 saturated carbocycles. The lowest BCUT2D eigenvalue weighted by Gasteiger charge is -2.11. The number of aromatic nitrogens is 1. The first-order valence-electron chi connectivity index (χ1n) is 6.05. The molecule has 19 heavy (non-hydrogen) atoms. The van der Waals surface area contributed by atoms with E-state index in [1.807, 2.05) is 0 Å². The topological polar surface area (TPSA) is 62.3 Å². The van der Waals surface area contributed by atoms with Gasteiger partial charge in [-0.25, -0.2) is 4.98 Å². The van der Waals surface area contributed by atoms with E-state index in [4.69, 9.17) is 0 Å². The van der Waals surface area contributed by atoms with Gasteiger partial charge in [0.25, 0.3) is 0 Å². The van der Waals surface area contributed by atoms with Crippen molar-refractivity contribution >= 4 is 33.4 Å². The SMILES string of the molecule is O=C(/C=C/C(=O)N1CCCC1)Nc1ccc(Br)nc1. The Hall–Kier alpha value is -1.69. The van der Waals surface area contributed by atoms with Crippen molar-refractivity contribution in [1.82, 2.24) is 9.88 Å². The predicted octanol–water partition coefficient (Wildman–Crippen LogP) is 1.96. The van der Waals surface area contributed by atoms with Crippen molar-refractivity contribution in [3.05, 3.63) is 35.1 Å². The molecule has 1 fully saturated rings. The van der Waals surface area contributed by atoms with Gasteiger partial charge in [0, 0.05) is 25.2 Å². The van der Waals surface area contributed by atoms with Gasteiger partial charge in [0.2, 0.25) is 11.8 Å². The molecule has 6 heteroatoms. The molecule has 0 unspecified atom stereocenters. The Labute approximate surface area is 119 Å². The van der Waals surface area contributed by atoms with Crippen LogP contribution in [-0.2, 0) is 9.59 Å². The molecule has 0 spiro atoms. The van der Waals surface area contributed by atoms with Crippen LogP contribution in [0.4, 0.5) is 5.69 Å². The molecule has 1 aliphatic heterocycles. The molecule has 100 valence electrons. The standard InChI is InChI=1S/C13H14BrN3O2/c14-11-4-3-10(9-15-11)16-12(18)5-6-13(19)17-7-1-2-8-17/h3-6,9H,1-2,7-8H2,(H,16,18)/b6-5+. The van der Waals surface area contributed by atoms with Crippen molar-refractivity contribution in [3.8, 4) is 0 Å². The fraction of sp³-hybridized carbons (Fsp3) is 0.308. The highest BCUT2D eigenvalue weighted by molar-refractivity contribution is 9.10. The second-order valence-corrected chi connectivity index (χ2v) is 5.04. The number of nitrogens with one attached hydrogen (secondary N) is 1. The van der Waals surface area contributed by atoms with E-state index in [1.54, 1.807) is 17.0 Å². The normalized spacial score (nSPS) is 14.9. The Bertz CT molecular complexity index is 493. The van der Waals surface area contributed by atoms with E-state index in [0.29, 0.717) is 10.3 Å². The molecule has 1 aromatic heterocycles. The van der Waals surface area contributed by atoms with Gasteiger partial charge in [-0.3, -0.25) is 9.59 Å². The van der Waals surface area contributed by atoms with Crippen LogP contribution in [0.1, 0.15) is 12.8 Å². The largest absolute Gasteiger partial charge is 0.339 e. The molecule has 2 heterocycles. The van der Waals surface area contributed by atoms with Crippen LogP contribution >= 0.6 is 15.9 Å². The zero-order valence-corrected chi connectivity index (χ0v) is 11.9. The van der Waals surface area contributed by atoms with Crippen LogP contribution in [0.3, 0.4) is 0 Å². The van der Waals surface area contributed by atoms with E-state index in [9.17, 15) is 9.59 Å². The van der Waals surface area contributed by atoms with Crippen LogP contribution in [0.5, 0.6) is 0 Å². The quantitative estimate of drug-likeness (QED) is 0.683. The van der Waals surface area contributed by atoms with E-state index in [0.717, 1.165) is 25.9 Å². The molecule has 5 nitrogen and oxygen atoms in total. The maximum atomic E-state index is 11.7. The maximum absolute atomic E-state index is 11.7. The third-order valence-electron chi connectivity index (χ3n) is 2.79. The zero-order valence-electron chi connectivity index (χ0n) is 10.3. The lowest BCUT2D eigenvalue weighted by molar-refractivity contribution is -0.125. The first-order chi connectivity index (χ1) is 9.15. The first kappa shape index (κ1) is 13.7. The number of anilines is 1. The van der Waals surface area contributed by atoms with E-state index >= 15 is 0 Å². The van der Waals surface area contributed by atoms with Crippen LogP contribution in [0.25, 0.3) is 0 Å². The van der Waals surface area contributed by atoms with Gasteiger partial charge in [0.15, 0.2) is 0 Å². The van der Waals surface area contributed by atoms with Gasteiger partial charge in [-0.2, -0.15) is 0 Å². The van der Waals surface area contributed by atoms with Crippen molar-refractivity contribution in [2.45, 2.75) is 12.8 Å². The number of carbonyl (C=O) groups excluding carboxylic acids is 2. The number of halogens is 1. The summed E-state index contributed by atoms with van der Waals surface area (Å²) >= 11 is 3.21. The number of amides is 2. The van der Waals surface area contributed by atoms with Crippen molar-refractivity contribution in [2.75, 3.05) is 18.4 Å². The minimum absolute atomic E-state index is 0.110. The second-order valence-electron chi connectivity index (χ2n) is 4.22. The summed E-state index contributed by atoms with van der Waals surface area (Å²) < 4.78 is 0.699. The molecule has 1 saturated heterocycles. The third-order valence-corrected chi connectivity index (χ3v) is 3.26. The predicted molar refractivity (Wildman–Crippen MR) is 75.5 cm³/mol.